The third kappa shape index (κ3) is 3.60. The summed E-state index contributed by atoms with van der Waals surface area (Å²) >= 11 is 0. The molecular formula is C16H23N3O2. The average Bonchev–Trinajstić information content (AvgIpc) is 3.16. The largest absolute Gasteiger partial charge is 0.454 e. The minimum absolute atomic E-state index is 0.328. The first-order valence-corrected chi connectivity index (χ1v) is 7.71. The van der Waals surface area contributed by atoms with Crippen LogP contribution in [-0.4, -0.2) is 32.4 Å². The Morgan fingerprint density at radius 3 is 2.86 bits per heavy atom. The minimum Gasteiger partial charge on any atom is -0.454 e. The Labute approximate surface area is 125 Å². The smallest absolute Gasteiger partial charge is 0.231 e. The summed E-state index contributed by atoms with van der Waals surface area (Å²) in [5, 5.41) is 6.87. The third-order valence-electron chi connectivity index (χ3n) is 4.06. The van der Waals surface area contributed by atoms with E-state index in [1.807, 2.05) is 13.1 Å². The minimum atomic E-state index is 0.328. The van der Waals surface area contributed by atoms with Crippen LogP contribution in [0.15, 0.2) is 23.2 Å². The van der Waals surface area contributed by atoms with Crippen LogP contribution in [0.3, 0.4) is 0 Å². The molecule has 5 heteroatoms. The Morgan fingerprint density at radius 2 is 2.05 bits per heavy atom. The highest BCUT2D eigenvalue weighted by molar-refractivity contribution is 5.79. The highest BCUT2D eigenvalue weighted by Gasteiger charge is 2.16. The molecule has 0 spiro atoms. The van der Waals surface area contributed by atoms with Crippen LogP contribution in [0.1, 0.15) is 31.2 Å². The van der Waals surface area contributed by atoms with Crippen molar-refractivity contribution in [2.75, 3.05) is 20.4 Å². The Morgan fingerprint density at radius 1 is 1.24 bits per heavy atom. The fourth-order valence-corrected chi connectivity index (χ4v) is 2.88. The van der Waals surface area contributed by atoms with Crippen LogP contribution in [-0.2, 0) is 6.42 Å². The van der Waals surface area contributed by atoms with E-state index in [4.69, 9.17) is 9.47 Å². The molecule has 1 aromatic rings. The summed E-state index contributed by atoms with van der Waals surface area (Å²) in [4.78, 5) is 4.29. The summed E-state index contributed by atoms with van der Waals surface area (Å²) in [7, 11) is 1.82. The van der Waals surface area contributed by atoms with E-state index in [9.17, 15) is 0 Å². The summed E-state index contributed by atoms with van der Waals surface area (Å²) in [5.41, 5.74) is 1.24. The molecule has 1 heterocycles. The van der Waals surface area contributed by atoms with Crippen molar-refractivity contribution in [2.45, 2.75) is 38.1 Å². The number of aliphatic imine (C=N–C) groups is 1. The van der Waals surface area contributed by atoms with Gasteiger partial charge in [-0.25, -0.2) is 0 Å². The van der Waals surface area contributed by atoms with E-state index in [0.717, 1.165) is 30.4 Å². The van der Waals surface area contributed by atoms with Crippen molar-refractivity contribution in [3.63, 3.8) is 0 Å². The highest BCUT2D eigenvalue weighted by Crippen LogP contribution is 2.32. The lowest BCUT2D eigenvalue weighted by atomic mass is 10.1. The predicted octanol–water partition coefficient (Wildman–Crippen LogP) is 2.07. The molecule has 2 aliphatic rings. The van der Waals surface area contributed by atoms with E-state index in [1.165, 1.54) is 31.2 Å². The molecule has 1 saturated carbocycles. The van der Waals surface area contributed by atoms with Gasteiger partial charge in [-0.2, -0.15) is 0 Å². The zero-order valence-electron chi connectivity index (χ0n) is 12.5. The number of ether oxygens (including phenoxy) is 2. The maximum Gasteiger partial charge on any atom is 0.231 e. The Kier molecular flexibility index (Phi) is 4.48. The first-order chi connectivity index (χ1) is 10.3. The van der Waals surface area contributed by atoms with Crippen molar-refractivity contribution in [2.24, 2.45) is 4.99 Å². The molecule has 2 N–H and O–H groups in total. The van der Waals surface area contributed by atoms with Gasteiger partial charge in [-0.15, -0.1) is 0 Å². The molecular weight excluding hydrogens is 266 g/mol. The summed E-state index contributed by atoms with van der Waals surface area (Å²) in [6.07, 6.45) is 6.09. The number of hydrogen-bond acceptors (Lipinski definition) is 3. The topological polar surface area (TPSA) is 54.9 Å². The Hall–Kier alpha value is -1.91. The second-order valence-corrected chi connectivity index (χ2v) is 5.56. The quantitative estimate of drug-likeness (QED) is 0.658. The molecule has 0 atom stereocenters. The standard InChI is InChI=1S/C16H23N3O2/c1-17-16(19-13-4-2-3-5-13)18-9-8-12-6-7-14-15(10-12)21-11-20-14/h6-7,10,13H,2-5,8-9,11H2,1H3,(H2,17,18,19). The Balaban J connectivity index is 1.46. The zero-order valence-corrected chi connectivity index (χ0v) is 12.5. The first kappa shape index (κ1) is 14.0. The highest BCUT2D eigenvalue weighted by atomic mass is 16.7. The van der Waals surface area contributed by atoms with E-state index in [2.05, 4.69) is 27.8 Å². The lowest BCUT2D eigenvalue weighted by Gasteiger charge is -2.16. The maximum absolute atomic E-state index is 5.40. The fourth-order valence-electron chi connectivity index (χ4n) is 2.88. The van der Waals surface area contributed by atoms with Crippen molar-refractivity contribution in [3.05, 3.63) is 23.8 Å². The lowest BCUT2D eigenvalue weighted by Crippen LogP contribution is -2.42. The zero-order chi connectivity index (χ0) is 14.5. The fraction of sp³-hybridized carbons (Fsp3) is 0.562. The maximum atomic E-state index is 5.40. The number of fused-ring (bicyclic) bond motifs is 1. The normalized spacial score (nSPS) is 18.0. The summed E-state index contributed by atoms with van der Waals surface area (Å²) in [6, 6.07) is 6.70. The van der Waals surface area contributed by atoms with E-state index >= 15 is 0 Å². The molecule has 0 radical (unpaired) electrons. The summed E-state index contributed by atoms with van der Waals surface area (Å²) < 4.78 is 10.7. The molecule has 0 aromatic heterocycles. The van der Waals surface area contributed by atoms with Gasteiger partial charge < -0.3 is 20.1 Å². The second kappa shape index (κ2) is 6.70. The van der Waals surface area contributed by atoms with E-state index in [-0.39, 0.29) is 0 Å². The van der Waals surface area contributed by atoms with Gasteiger partial charge in [0.1, 0.15) is 0 Å². The van der Waals surface area contributed by atoms with Gasteiger partial charge in [0.25, 0.3) is 0 Å². The van der Waals surface area contributed by atoms with Gasteiger partial charge in [-0.05, 0) is 37.0 Å². The van der Waals surface area contributed by atoms with Crippen molar-refractivity contribution in [1.29, 1.82) is 0 Å². The molecule has 21 heavy (non-hydrogen) atoms. The van der Waals surface area contributed by atoms with Crippen molar-refractivity contribution < 1.29 is 9.47 Å². The number of nitrogens with zero attached hydrogens (tertiary/aromatic N) is 1. The molecule has 0 amide bonds. The van der Waals surface area contributed by atoms with E-state index in [0.29, 0.717) is 12.8 Å². The van der Waals surface area contributed by atoms with Crippen LogP contribution in [0.2, 0.25) is 0 Å². The molecule has 0 saturated heterocycles. The molecule has 1 aliphatic heterocycles. The monoisotopic (exact) mass is 289 g/mol. The molecule has 3 rings (SSSR count). The van der Waals surface area contributed by atoms with Gasteiger partial charge in [0.2, 0.25) is 6.79 Å². The third-order valence-corrected chi connectivity index (χ3v) is 4.06. The summed E-state index contributed by atoms with van der Waals surface area (Å²) in [5.74, 6) is 2.59. The van der Waals surface area contributed by atoms with Crippen LogP contribution in [0.25, 0.3) is 0 Å². The first-order valence-electron chi connectivity index (χ1n) is 7.71. The molecule has 1 fully saturated rings. The van der Waals surface area contributed by atoms with Crippen molar-refractivity contribution >= 4 is 5.96 Å². The van der Waals surface area contributed by atoms with Crippen LogP contribution in [0.4, 0.5) is 0 Å². The second-order valence-electron chi connectivity index (χ2n) is 5.56. The molecule has 1 aromatic carbocycles. The van der Waals surface area contributed by atoms with Crippen LogP contribution < -0.4 is 20.1 Å². The summed E-state index contributed by atoms with van der Waals surface area (Å²) in [6.45, 7) is 1.18. The van der Waals surface area contributed by atoms with Gasteiger partial charge in [0.15, 0.2) is 17.5 Å². The van der Waals surface area contributed by atoms with E-state index in [1.54, 1.807) is 0 Å². The molecule has 0 bridgehead atoms. The number of rotatable bonds is 4. The number of benzene rings is 1. The number of hydrogen-bond donors (Lipinski definition) is 2. The van der Waals surface area contributed by atoms with Crippen LogP contribution >= 0.6 is 0 Å². The molecule has 114 valence electrons. The molecule has 1 aliphatic carbocycles. The van der Waals surface area contributed by atoms with Crippen molar-refractivity contribution in [1.82, 2.24) is 10.6 Å². The van der Waals surface area contributed by atoms with Crippen LogP contribution in [0.5, 0.6) is 11.5 Å². The predicted molar refractivity (Wildman–Crippen MR) is 83.0 cm³/mol. The van der Waals surface area contributed by atoms with E-state index < -0.39 is 0 Å². The number of nitrogens with one attached hydrogen (secondary N) is 2. The average molecular weight is 289 g/mol. The van der Waals surface area contributed by atoms with Gasteiger partial charge in [0, 0.05) is 19.6 Å². The molecule has 5 nitrogen and oxygen atoms in total. The Bertz CT molecular complexity index is 510. The molecule has 0 unspecified atom stereocenters. The van der Waals surface area contributed by atoms with Gasteiger partial charge in [0.05, 0.1) is 0 Å². The van der Waals surface area contributed by atoms with Gasteiger partial charge >= 0.3 is 0 Å². The van der Waals surface area contributed by atoms with Gasteiger partial charge in [-0.1, -0.05) is 18.9 Å². The van der Waals surface area contributed by atoms with Crippen LogP contribution in [0, 0.1) is 0 Å². The number of guanidine groups is 1. The lowest BCUT2D eigenvalue weighted by molar-refractivity contribution is 0.174. The van der Waals surface area contributed by atoms with Gasteiger partial charge in [-0.3, -0.25) is 4.99 Å². The van der Waals surface area contributed by atoms with Crippen molar-refractivity contribution in [3.8, 4) is 11.5 Å². The SMILES string of the molecule is CN=C(NCCc1ccc2c(c1)OCO2)NC1CCCC1.